The summed E-state index contributed by atoms with van der Waals surface area (Å²) in [4.78, 5) is 11.9. The molecule has 2 rings (SSSR count). The van der Waals surface area contributed by atoms with E-state index in [1.54, 1.807) is 24.3 Å². The number of hydrogen-bond donors (Lipinski definition) is 2. The molecule has 5 nitrogen and oxygen atoms in total. The Labute approximate surface area is 129 Å². The molecule has 22 heavy (non-hydrogen) atoms. The van der Waals surface area contributed by atoms with Gasteiger partial charge in [0.2, 0.25) is 5.91 Å². The van der Waals surface area contributed by atoms with Gasteiger partial charge >= 0.3 is 0 Å². The number of carbonyl (C=O) groups excluding carboxylic acids is 1. The van der Waals surface area contributed by atoms with E-state index in [9.17, 15) is 9.18 Å². The maximum absolute atomic E-state index is 13.1. The Balaban J connectivity index is 1.86. The molecule has 0 atom stereocenters. The molecule has 0 aliphatic heterocycles. The van der Waals surface area contributed by atoms with Gasteiger partial charge in [-0.2, -0.15) is 0 Å². The maximum atomic E-state index is 13.1. The average Bonchev–Trinajstić information content (AvgIpc) is 2.49. The van der Waals surface area contributed by atoms with E-state index in [1.807, 2.05) is 0 Å². The van der Waals surface area contributed by atoms with Crippen LogP contribution in [0.5, 0.6) is 0 Å². The van der Waals surface area contributed by atoms with Crippen molar-refractivity contribution in [3.05, 3.63) is 47.8 Å². The summed E-state index contributed by atoms with van der Waals surface area (Å²) < 4.78 is 13.1. The molecule has 0 radical (unpaired) electrons. The number of unbranched alkanes of at least 4 members (excludes halogenated alkanes) is 1. The van der Waals surface area contributed by atoms with Crippen molar-refractivity contribution in [1.29, 1.82) is 0 Å². The molecule has 116 valence electrons. The summed E-state index contributed by atoms with van der Waals surface area (Å²) in [5.74, 6) is 0.443. The van der Waals surface area contributed by atoms with E-state index in [2.05, 4.69) is 27.8 Å². The van der Waals surface area contributed by atoms with Crippen LogP contribution in [0.15, 0.2) is 36.4 Å². The van der Waals surface area contributed by atoms with Crippen molar-refractivity contribution in [2.75, 3.05) is 17.2 Å². The first-order valence-electron chi connectivity index (χ1n) is 7.29. The topological polar surface area (TPSA) is 66.9 Å². The third-order valence-electron chi connectivity index (χ3n) is 3.02. The van der Waals surface area contributed by atoms with E-state index >= 15 is 0 Å². The highest BCUT2D eigenvalue weighted by atomic mass is 19.1. The van der Waals surface area contributed by atoms with Gasteiger partial charge in [0.05, 0.1) is 6.42 Å². The number of aromatic nitrogens is 2. The molecule has 0 aliphatic rings. The van der Waals surface area contributed by atoms with Gasteiger partial charge < -0.3 is 10.6 Å². The number of nitrogens with zero attached hydrogens (tertiary/aromatic N) is 2. The van der Waals surface area contributed by atoms with Crippen LogP contribution < -0.4 is 10.6 Å². The van der Waals surface area contributed by atoms with E-state index in [1.165, 1.54) is 12.1 Å². The largest absolute Gasteiger partial charge is 0.369 e. The lowest BCUT2D eigenvalue weighted by Crippen LogP contribution is -2.16. The molecule has 0 saturated heterocycles. The fraction of sp³-hybridized carbons (Fsp3) is 0.312. The summed E-state index contributed by atoms with van der Waals surface area (Å²) in [5.41, 5.74) is 0.614. The number of benzene rings is 1. The Bertz CT molecular complexity index is 616. The standard InChI is InChI=1S/C16H19FN4O/c1-2-3-9-18-14-7-8-15(21-20-14)19-16(22)11-12-5-4-6-13(17)10-12/h4-8,10H,2-3,9,11H2,1H3,(H,18,20)(H,19,21,22). The molecule has 1 heterocycles. The normalized spacial score (nSPS) is 10.3. The van der Waals surface area contributed by atoms with Gasteiger partial charge in [-0.25, -0.2) is 4.39 Å². The molecular formula is C16H19FN4O. The number of anilines is 2. The van der Waals surface area contributed by atoms with Crippen LogP contribution >= 0.6 is 0 Å². The highest BCUT2D eigenvalue weighted by Gasteiger charge is 2.06. The molecule has 1 aromatic heterocycles. The van der Waals surface area contributed by atoms with Crippen LogP contribution in [0.3, 0.4) is 0 Å². The molecule has 6 heteroatoms. The zero-order chi connectivity index (χ0) is 15.8. The zero-order valence-corrected chi connectivity index (χ0v) is 12.5. The Morgan fingerprint density at radius 1 is 1.18 bits per heavy atom. The van der Waals surface area contributed by atoms with Gasteiger partial charge in [0.1, 0.15) is 11.6 Å². The Morgan fingerprint density at radius 3 is 2.64 bits per heavy atom. The van der Waals surface area contributed by atoms with Gasteiger partial charge in [-0.15, -0.1) is 10.2 Å². The van der Waals surface area contributed by atoms with Gasteiger partial charge in [0, 0.05) is 6.54 Å². The maximum Gasteiger partial charge on any atom is 0.229 e. The van der Waals surface area contributed by atoms with Crippen LogP contribution in [0.2, 0.25) is 0 Å². The number of nitrogens with one attached hydrogen (secondary N) is 2. The fourth-order valence-corrected chi connectivity index (χ4v) is 1.91. The molecule has 0 bridgehead atoms. The van der Waals surface area contributed by atoms with Gasteiger partial charge in [0.15, 0.2) is 5.82 Å². The average molecular weight is 302 g/mol. The molecule has 0 aliphatic carbocycles. The van der Waals surface area contributed by atoms with Crippen molar-refractivity contribution in [3.63, 3.8) is 0 Å². The molecule has 2 aromatic rings. The second-order valence-corrected chi connectivity index (χ2v) is 4.94. The quantitative estimate of drug-likeness (QED) is 0.772. The first-order valence-corrected chi connectivity index (χ1v) is 7.29. The predicted octanol–water partition coefficient (Wildman–Crippen LogP) is 3.01. The minimum absolute atomic E-state index is 0.0932. The van der Waals surface area contributed by atoms with E-state index in [-0.39, 0.29) is 18.1 Å². The van der Waals surface area contributed by atoms with E-state index in [0.29, 0.717) is 17.2 Å². The highest BCUT2D eigenvalue weighted by Crippen LogP contribution is 2.08. The molecule has 0 spiro atoms. The summed E-state index contributed by atoms with van der Waals surface area (Å²) in [6, 6.07) is 9.41. The molecule has 0 saturated carbocycles. The number of amides is 1. The Kier molecular flexibility index (Phi) is 5.82. The van der Waals surface area contributed by atoms with Gasteiger partial charge in [-0.05, 0) is 36.2 Å². The second kappa shape index (κ2) is 8.07. The van der Waals surface area contributed by atoms with Crippen LogP contribution in [0, 0.1) is 5.82 Å². The van der Waals surface area contributed by atoms with Crippen LogP contribution in [0.25, 0.3) is 0 Å². The third-order valence-corrected chi connectivity index (χ3v) is 3.02. The molecule has 1 amide bonds. The van der Waals surface area contributed by atoms with Crippen molar-refractivity contribution in [2.45, 2.75) is 26.2 Å². The first kappa shape index (κ1) is 15.9. The summed E-state index contributed by atoms with van der Waals surface area (Å²) >= 11 is 0. The Hall–Kier alpha value is -2.50. The number of halogens is 1. The van der Waals surface area contributed by atoms with Gasteiger partial charge in [-0.1, -0.05) is 25.5 Å². The summed E-state index contributed by atoms with van der Waals surface area (Å²) in [6.45, 7) is 2.96. The third kappa shape index (κ3) is 5.12. The lowest BCUT2D eigenvalue weighted by atomic mass is 10.1. The van der Waals surface area contributed by atoms with Crippen molar-refractivity contribution < 1.29 is 9.18 Å². The van der Waals surface area contributed by atoms with Crippen molar-refractivity contribution in [1.82, 2.24) is 10.2 Å². The van der Waals surface area contributed by atoms with Crippen LogP contribution in [0.1, 0.15) is 25.3 Å². The first-order chi connectivity index (χ1) is 10.7. The zero-order valence-electron chi connectivity index (χ0n) is 12.5. The summed E-state index contributed by atoms with van der Waals surface area (Å²) in [5, 5.41) is 13.7. The van der Waals surface area contributed by atoms with Crippen LogP contribution in [-0.2, 0) is 11.2 Å². The lowest BCUT2D eigenvalue weighted by Gasteiger charge is -2.06. The van der Waals surface area contributed by atoms with Gasteiger partial charge in [-0.3, -0.25) is 4.79 Å². The van der Waals surface area contributed by atoms with E-state index in [0.717, 1.165) is 19.4 Å². The highest BCUT2D eigenvalue weighted by molar-refractivity contribution is 5.91. The summed E-state index contributed by atoms with van der Waals surface area (Å²) in [7, 11) is 0. The Morgan fingerprint density at radius 2 is 1.95 bits per heavy atom. The monoisotopic (exact) mass is 302 g/mol. The molecule has 0 unspecified atom stereocenters. The van der Waals surface area contributed by atoms with Crippen molar-refractivity contribution in [3.8, 4) is 0 Å². The molecule has 1 aromatic carbocycles. The SMILES string of the molecule is CCCCNc1ccc(NC(=O)Cc2cccc(F)c2)nn1. The number of rotatable bonds is 7. The lowest BCUT2D eigenvalue weighted by molar-refractivity contribution is -0.115. The van der Waals surface area contributed by atoms with Crippen molar-refractivity contribution in [2.24, 2.45) is 0 Å². The van der Waals surface area contributed by atoms with Crippen molar-refractivity contribution >= 4 is 17.5 Å². The smallest absolute Gasteiger partial charge is 0.229 e. The van der Waals surface area contributed by atoms with Crippen LogP contribution in [0.4, 0.5) is 16.0 Å². The van der Waals surface area contributed by atoms with E-state index in [4.69, 9.17) is 0 Å². The van der Waals surface area contributed by atoms with Gasteiger partial charge in [0.25, 0.3) is 0 Å². The predicted molar refractivity (Wildman–Crippen MR) is 84.2 cm³/mol. The second-order valence-electron chi connectivity index (χ2n) is 4.94. The molecular weight excluding hydrogens is 283 g/mol. The molecule has 0 fully saturated rings. The minimum atomic E-state index is -0.354. The number of carbonyl (C=O) groups is 1. The number of hydrogen-bond acceptors (Lipinski definition) is 4. The van der Waals surface area contributed by atoms with Crippen LogP contribution in [-0.4, -0.2) is 22.6 Å². The minimum Gasteiger partial charge on any atom is -0.369 e. The molecule has 2 N–H and O–H groups in total. The summed E-state index contributed by atoms with van der Waals surface area (Å²) in [6.07, 6.45) is 2.26. The fourth-order valence-electron chi connectivity index (χ4n) is 1.91. The van der Waals surface area contributed by atoms with E-state index < -0.39 is 0 Å².